The van der Waals surface area contributed by atoms with Gasteiger partial charge in [-0.05, 0) is 30.5 Å². The van der Waals surface area contributed by atoms with Crippen LogP contribution in [0.3, 0.4) is 0 Å². The van der Waals surface area contributed by atoms with Gasteiger partial charge >= 0.3 is 21.6 Å². The van der Waals surface area contributed by atoms with E-state index in [0.717, 1.165) is 12.8 Å². The molecular formula is C14H25NO10P2. The molecule has 0 spiro atoms. The van der Waals surface area contributed by atoms with E-state index in [9.17, 15) is 13.9 Å². The minimum Gasteiger partial charge on any atom is -0.480 e. The lowest BCUT2D eigenvalue weighted by Gasteiger charge is -2.09. The van der Waals surface area contributed by atoms with E-state index in [-0.39, 0.29) is 18.8 Å². The molecule has 1 atom stereocenters. The Hall–Kier alpha value is -1.29. The Balaban J connectivity index is 0.000000580. The monoisotopic (exact) mass is 429 g/mol. The lowest BCUT2D eigenvalue weighted by molar-refractivity contribution is -0.138. The molecule has 0 radical (unpaired) electrons. The van der Waals surface area contributed by atoms with Crippen molar-refractivity contribution in [2.75, 3.05) is 6.61 Å². The number of hydrogen-bond donors (Lipinski definition) is 6. The number of unbranched alkanes of at least 4 members (excludes halogenated alkanes) is 2. The Morgan fingerprint density at radius 1 is 1.07 bits per heavy atom. The van der Waals surface area contributed by atoms with Crippen molar-refractivity contribution in [1.82, 2.24) is 0 Å². The molecule has 1 aromatic rings. The van der Waals surface area contributed by atoms with Crippen LogP contribution in [0.15, 0.2) is 24.3 Å². The summed E-state index contributed by atoms with van der Waals surface area (Å²) in [6, 6.07) is 4.65. The lowest BCUT2D eigenvalue weighted by Crippen LogP contribution is -2.32. The van der Waals surface area contributed by atoms with Crippen molar-refractivity contribution >= 4 is 21.6 Å². The first-order valence-corrected chi connectivity index (χ1v) is 10.9. The van der Waals surface area contributed by atoms with E-state index in [1.165, 1.54) is 24.3 Å². The molecule has 0 saturated carbocycles. The number of carboxylic acid groups (broad SMARTS) is 1. The molecule has 0 aliphatic carbocycles. The van der Waals surface area contributed by atoms with Crippen molar-refractivity contribution in [1.29, 1.82) is 0 Å². The van der Waals surface area contributed by atoms with Crippen LogP contribution in [0.2, 0.25) is 0 Å². The second kappa shape index (κ2) is 12.2. The number of rotatable bonds is 10. The number of carbonyl (C=O) groups is 1. The third kappa shape index (κ3) is 15.5. The molecule has 0 heterocycles. The zero-order valence-corrected chi connectivity index (χ0v) is 16.5. The Labute approximate surface area is 156 Å². The summed E-state index contributed by atoms with van der Waals surface area (Å²) in [5, 5.41) is 8.60. The molecule has 13 heteroatoms. The predicted octanol–water partition coefficient (Wildman–Crippen LogP) is 1.40. The average Bonchev–Trinajstić information content (AvgIpc) is 2.52. The fourth-order valence-electron chi connectivity index (χ4n) is 1.70. The van der Waals surface area contributed by atoms with E-state index in [2.05, 4.69) is 9.05 Å². The van der Waals surface area contributed by atoms with Gasteiger partial charge in [0.25, 0.3) is 0 Å². The summed E-state index contributed by atoms with van der Waals surface area (Å²) < 4.78 is 29.1. The fraction of sp³-hybridized carbons (Fsp3) is 0.500. The summed E-state index contributed by atoms with van der Waals surface area (Å²) in [5.74, 6) is -1.11. The van der Waals surface area contributed by atoms with Crippen LogP contribution in [-0.4, -0.2) is 43.3 Å². The number of phosphoric ester groups is 2. The molecule has 0 fully saturated rings. The van der Waals surface area contributed by atoms with Gasteiger partial charge in [-0.2, -0.15) is 0 Å². The highest BCUT2D eigenvalue weighted by molar-refractivity contribution is 7.46. The molecule has 0 aromatic heterocycles. The maximum Gasteiger partial charge on any atom is 0.524 e. The minimum absolute atomic E-state index is 0.00554. The van der Waals surface area contributed by atoms with Gasteiger partial charge < -0.3 is 25.2 Å². The quantitative estimate of drug-likeness (QED) is 0.232. The van der Waals surface area contributed by atoms with Crippen LogP contribution < -0.4 is 10.3 Å². The number of benzene rings is 1. The predicted molar refractivity (Wildman–Crippen MR) is 96.0 cm³/mol. The highest BCUT2D eigenvalue weighted by atomic mass is 31.2. The molecule has 1 rings (SSSR count). The van der Waals surface area contributed by atoms with Gasteiger partial charge in [-0.15, -0.1) is 0 Å². The zero-order valence-electron chi connectivity index (χ0n) is 14.7. The molecule has 0 amide bonds. The van der Waals surface area contributed by atoms with Crippen molar-refractivity contribution in [2.24, 2.45) is 5.73 Å². The molecule has 0 saturated heterocycles. The third-order valence-corrected chi connectivity index (χ3v) is 3.90. The molecule has 7 N–H and O–H groups in total. The number of nitrogens with two attached hydrogens (primary N) is 1. The van der Waals surface area contributed by atoms with E-state index >= 15 is 0 Å². The molecule has 11 nitrogen and oxygen atoms in total. The molecule has 156 valence electrons. The first-order chi connectivity index (χ1) is 12.3. The zero-order chi connectivity index (χ0) is 21.1. The third-order valence-electron chi connectivity index (χ3n) is 2.93. The standard InChI is InChI=1S/C9H12NO6P.C5H13O4P/c10-8(9(11)12)5-6-1-3-7(4-2-6)16-17(13,14)15;1-2-3-4-5-9-10(6,7)8/h1-4,8H,5,10H2,(H,11,12)(H2,13,14,15);2-5H2,1H3,(H2,6,7,8)/t8-;/m0./s1. The lowest BCUT2D eigenvalue weighted by atomic mass is 10.1. The number of carboxylic acids is 1. The van der Waals surface area contributed by atoms with Crippen molar-refractivity contribution in [3.63, 3.8) is 0 Å². The van der Waals surface area contributed by atoms with E-state index in [1.54, 1.807) is 0 Å². The minimum atomic E-state index is -4.56. The van der Waals surface area contributed by atoms with Crippen LogP contribution in [0.5, 0.6) is 5.75 Å². The summed E-state index contributed by atoms with van der Waals surface area (Å²) >= 11 is 0. The molecule has 0 aliphatic rings. The van der Waals surface area contributed by atoms with E-state index in [0.29, 0.717) is 12.0 Å². The number of phosphoric acid groups is 2. The first kappa shape index (κ1) is 25.7. The van der Waals surface area contributed by atoms with Gasteiger partial charge in [0.15, 0.2) is 0 Å². The van der Waals surface area contributed by atoms with Crippen LogP contribution in [0.25, 0.3) is 0 Å². The van der Waals surface area contributed by atoms with Gasteiger partial charge in [0.1, 0.15) is 11.8 Å². The summed E-state index contributed by atoms with van der Waals surface area (Å²) in [4.78, 5) is 44.0. The van der Waals surface area contributed by atoms with Gasteiger partial charge in [0, 0.05) is 0 Å². The summed E-state index contributed by atoms with van der Waals surface area (Å²) in [6.45, 7) is 2.16. The molecule has 1 aromatic carbocycles. The van der Waals surface area contributed by atoms with Gasteiger partial charge in [0.2, 0.25) is 0 Å². The summed E-state index contributed by atoms with van der Waals surface area (Å²) in [5.41, 5.74) is 5.97. The summed E-state index contributed by atoms with van der Waals surface area (Å²) in [7, 11) is -8.77. The highest BCUT2D eigenvalue weighted by Gasteiger charge is 2.16. The van der Waals surface area contributed by atoms with Crippen LogP contribution in [0.1, 0.15) is 31.7 Å². The average molecular weight is 429 g/mol. The second-order valence-electron chi connectivity index (χ2n) is 5.41. The normalized spacial score (nSPS) is 12.7. The van der Waals surface area contributed by atoms with Crippen molar-refractivity contribution in [2.45, 2.75) is 38.6 Å². The van der Waals surface area contributed by atoms with Gasteiger partial charge in [0.05, 0.1) is 6.61 Å². The van der Waals surface area contributed by atoms with Gasteiger partial charge in [-0.1, -0.05) is 31.9 Å². The van der Waals surface area contributed by atoms with Crippen molar-refractivity contribution in [3.05, 3.63) is 29.8 Å². The van der Waals surface area contributed by atoms with Crippen molar-refractivity contribution in [3.8, 4) is 5.75 Å². The summed E-state index contributed by atoms with van der Waals surface area (Å²) in [6.07, 6.45) is 2.80. The van der Waals surface area contributed by atoms with E-state index in [1.807, 2.05) is 6.92 Å². The Kier molecular flexibility index (Phi) is 11.6. The Morgan fingerprint density at radius 3 is 2.04 bits per heavy atom. The SMILES string of the molecule is CCCCCOP(=O)(O)O.N[C@@H](Cc1ccc(OP(=O)(O)O)cc1)C(=O)O. The molecule has 0 aliphatic heterocycles. The van der Waals surface area contributed by atoms with Crippen LogP contribution >= 0.6 is 15.6 Å². The maximum atomic E-state index is 10.5. The Morgan fingerprint density at radius 2 is 1.63 bits per heavy atom. The van der Waals surface area contributed by atoms with Crippen LogP contribution in [0, 0.1) is 0 Å². The topological polar surface area (TPSA) is 197 Å². The van der Waals surface area contributed by atoms with E-state index < -0.39 is 27.7 Å². The second-order valence-corrected chi connectivity index (χ2v) is 7.81. The number of aliphatic carboxylic acids is 1. The largest absolute Gasteiger partial charge is 0.524 e. The molecule has 27 heavy (non-hydrogen) atoms. The van der Waals surface area contributed by atoms with Crippen LogP contribution in [-0.2, 0) is 24.9 Å². The van der Waals surface area contributed by atoms with Gasteiger partial charge in [-0.25, -0.2) is 9.13 Å². The highest BCUT2D eigenvalue weighted by Crippen LogP contribution is 2.37. The molecular weight excluding hydrogens is 404 g/mol. The number of hydrogen-bond acceptors (Lipinski definition) is 6. The van der Waals surface area contributed by atoms with Crippen molar-refractivity contribution < 1.29 is 47.7 Å². The Bertz CT molecular complexity index is 654. The van der Waals surface area contributed by atoms with Gasteiger partial charge in [-0.3, -0.25) is 19.1 Å². The first-order valence-electron chi connectivity index (χ1n) is 7.86. The smallest absolute Gasteiger partial charge is 0.480 e. The fourth-order valence-corrected chi connectivity index (χ4v) is 2.46. The van der Waals surface area contributed by atoms with Crippen LogP contribution in [0.4, 0.5) is 0 Å². The molecule has 0 bridgehead atoms. The molecule has 0 unspecified atom stereocenters. The van der Waals surface area contributed by atoms with E-state index in [4.69, 9.17) is 30.4 Å². The maximum absolute atomic E-state index is 10.5.